The molecule has 0 aliphatic heterocycles. The topological polar surface area (TPSA) is 26.0 Å². The molecule has 3 aromatic heterocycles. The number of aromatic nitrogens is 1. The average molecular weight is 430 g/mol. The molecule has 2 nitrogen and oxygen atoms in total. The Bertz CT molecular complexity index is 1430. The molecule has 0 N–H and O–H groups in total. The fourth-order valence-corrected chi connectivity index (χ4v) is 5.97. The van der Waals surface area contributed by atoms with Crippen LogP contribution in [0.15, 0.2) is 70.2 Å². The van der Waals surface area contributed by atoms with E-state index >= 15 is 0 Å². The molecule has 30 heavy (non-hydrogen) atoms. The van der Waals surface area contributed by atoms with E-state index in [0.29, 0.717) is 0 Å². The van der Waals surface area contributed by atoms with Crippen LogP contribution in [-0.2, 0) is 5.41 Å². The number of thioether (sulfide) groups is 1. The molecule has 3 heterocycles. The van der Waals surface area contributed by atoms with E-state index in [9.17, 15) is 0 Å². The summed E-state index contributed by atoms with van der Waals surface area (Å²) in [6.45, 7) is 12.8. The smallest absolute Gasteiger partial charge is 0.135 e. The van der Waals surface area contributed by atoms with Crippen molar-refractivity contribution in [2.24, 2.45) is 0 Å². The number of rotatable bonds is 3. The standard InChI is InChI=1S/C26H23NOS2/c1-6-29-21-8-7-16(11-19(21)26(3,4)5)25-24-18-12-17-15(2)14-28-20(17)13-23(18)30-22(24)9-10-27-25/h6-14H,1H2,2-5H3. The molecule has 0 fully saturated rings. The van der Waals surface area contributed by atoms with E-state index in [4.69, 9.17) is 9.40 Å². The van der Waals surface area contributed by atoms with E-state index < -0.39 is 0 Å². The zero-order chi connectivity index (χ0) is 21.0. The van der Waals surface area contributed by atoms with Crippen LogP contribution in [0.25, 0.3) is 42.4 Å². The summed E-state index contributed by atoms with van der Waals surface area (Å²) in [5.41, 5.74) is 5.66. The first kappa shape index (κ1) is 19.4. The average Bonchev–Trinajstić information content (AvgIpc) is 3.26. The second-order valence-corrected chi connectivity index (χ2v) is 10.7. The van der Waals surface area contributed by atoms with E-state index in [2.05, 4.69) is 70.7 Å². The zero-order valence-corrected chi connectivity index (χ0v) is 19.2. The van der Waals surface area contributed by atoms with Gasteiger partial charge in [0, 0.05) is 42.2 Å². The van der Waals surface area contributed by atoms with Crippen molar-refractivity contribution in [2.75, 3.05) is 0 Å². The van der Waals surface area contributed by atoms with Gasteiger partial charge in [-0.05, 0) is 59.2 Å². The summed E-state index contributed by atoms with van der Waals surface area (Å²) >= 11 is 3.48. The lowest BCUT2D eigenvalue weighted by Crippen LogP contribution is -2.12. The van der Waals surface area contributed by atoms with Crippen molar-refractivity contribution in [3.05, 3.63) is 72.0 Å². The lowest BCUT2D eigenvalue weighted by Gasteiger charge is -2.23. The molecule has 5 rings (SSSR count). The number of pyridine rings is 1. The Morgan fingerprint density at radius 3 is 2.67 bits per heavy atom. The predicted octanol–water partition coefficient (Wildman–Crippen LogP) is 8.70. The largest absolute Gasteiger partial charge is 0.464 e. The van der Waals surface area contributed by atoms with Crippen molar-refractivity contribution in [1.29, 1.82) is 0 Å². The van der Waals surface area contributed by atoms with E-state index in [1.54, 1.807) is 23.1 Å². The van der Waals surface area contributed by atoms with Crippen LogP contribution in [0.5, 0.6) is 0 Å². The Kier molecular flexibility index (Phi) is 4.53. The van der Waals surface area contributed by atoms with Crippen molar-refractivity contribution in [1.82, 2.24) is 4.98 Å². The molecule has 0 amide bonds. The van der Waals surface area contributed by atoms with Crippen molar-refractivity contribution in [3.63, 3.8) is 0 Å². The Balaban J connectivity index is 1.81. The van der Waals surface area contributed by atoms with Crippen molar-refractivity contribution >= 4 is 54.2 Å². The van der Waals surface area contributed by atoms with Gasteiger partial charge < -0.3 is 4.42 Å². The summed E-state index contributed by atoms with van der Waals surface area (Å²) in [5, 5.41) is 5.54. The number of benzene rings is 2. The molecular weight excluding hydrogens is 406 g/mol. The van der Waals surface area contributed by atoms with Crippen LogP contribution < -0.4 is 0 Å². The van der Waals surface area contributed by atoms with Crippen LogP contribution in [0.1, 0.15) is 31.9 Å². The number of fused-ring (bicyclic) bond motifs is 4. The maximum Gasteiger partial charge on any atom is 0.135 e. The van der Waals surface area contributed by atoms with Crippen LogP contribution in [-0.4, -0.2) is 4.98 Å². The lowest BCUT2D eigenvalue weighted by atomic mass is 9.85. The van der Waals surface area contributed by atoms with Crippen molar-refractivity contribution in [3.8, 4) is 11.3 Å². The summed E-state index contributed by atoms with van der Waals surface area (Å²) in [4.78, 5) is 6.09. The molecule has 150 valence electrons. The quantitative estimate of drug-likeness (QED) is 0.268. The third-order valence-corrected chi connectivity index (χ3v) is 7.44. The van der Waals surface area contributed by atoms with Crippen molar-refractivity contribution in [2.45, 2.75) is 38.0 Å². The molecule has 0 aliphatic rings. The highest BCUT2D eigenvalue weighted by Crippen LogP contribution is 2.43. The van der Waals surface area contributed by atoms with Gasteiger partial charge in [0.1, 0.15) is 5.58 Å². The predicted molar refractivity (Wildman–Crippen MR) is 132 cm³/mol. The highest BCUT2D eigenvalue weighted by atomic mass is 32.2. The number of nitrogens with zero attached hydrogens (tertiary/aromatic N) is 1. The molecule has 5 aromatic rings. The molecule has 0 atom stereocenters. The van der Waals surface area contributed by atoms with E-state index in [0.717, 1.165) is 22.4 Å². The van der Waals surface area contributed by atoms with Crippen LogP contribution in [0.2, 0.25) is 0 Å². The Morgan fingerprint density at radius 1 is 1.07 bits per heavy atom. The highest BCUT2D eigenvalue weighted by molar-refractivity contribution is 8.02. The van der Waals surface area contributed by atoms with Gasteiger partial charge in [0.15, 0.2) is 0 Å². The minimum atomic E-state index is 0.0338. The van der Waals surface area contributed by atoms with Gasteiger partial charge >= 0.3 is 0 Å². The Morgan fingerprint density at radius 2 is 1.90 bits per heavy atom. The van der Waals surface area contributed by atoms with Gasteiger partial charge in [-0.2, -0.15) is 0 Å². The number of hydrogen-bond donors (Lipinski definition) is 0. The van der Waals surface area contributed by atoms with E-state index in [1.165, 1.54) is 36.0 Å². The number of thiophene rings is 1. The zero-order valence-electron chi connectivity index (χ0n) is 17.6. The first-order valence-corrected chi connectivity index (χ1v) is 11.7. The number of furan rings is 1. The molecular formula is C26H23NOS2. The van der Waals surface area contributed by atoms with Gasteiger partial charge in [-0.3, -0.25) is 4.98 Å². The second kappa shape index (κ2) is 7.00. The minimum Gasteiger partial charge on any atom is -0.464 e. The molecule has 0 unspecified atom stereocenters. The normalized spacial score (nSPS) is 12.3. The van der Waals surface area contributed by atoms with Crippen LogP contribution >= 0.6 is 23.1 Å². The van der Waals surface area contributed by atoms with Gasteiger partial charge in [-0.25, -0.2) is 0 Å². The second-order valence-electron chi connectivity index (χ2n) is 8.64. The molecule has 2 aromatic carbocycles. The molecule has 0 spiro atoms. The third-order valence-electron chi connectivity index (χ3n) is 5.54. The SMILES string of the molecule is C=CSc1ccc(-c2nccc3sc4cc5occ(C)c5cc4c23)cc1C(C)(C)C. The van der Waals surface area contributed by atoms with Gasteiger partial charge in [-0.1, -0.05) is 45.2 Å². The summed E-state index contributed by atoms with van der Waals surface area (Å²) in [6, 6.07) is 13.2. The molecule has 0 radical (unpaired) electrons. The van der Waals surface area contributed by atoms with E-state index in [1.807, 2.05) is 17.9 Å². The highest BCUT2D eigenvalue weighted by Gasteiger charge is 2.21. The van der Waals surface area contributed by atoms with Crippen LogP contribution in [0.4, 0.5) is 0 Å². The Hall–Kier alpha value is -2.56. The van der Waals surface area contributed by atoms with Gasteiger partial charge in [0.2, 0.25) is 0 Å². The molecule has 0 saturated heterocycles. The van der Waals surface area contributed by atoms with Crippen LogP contribution in [0, 0.1) is 6.92 Å². The summed E-state index contributed by atoms with van der Waals surface area (Å²) in [6.07, 6.45) is 3.76. The number of aryl methyl sites for hydroxylation is 1. The number of hydrogen-bond acceptors (Lipinski definition) is 4. The maximum atomic E-state index is 5.74. The first-order chi connectivity index (χ1) is 14.4. The first-order valence-electron chi connectivity index (χ1n) is 9.98. The van der Waals surface area contributed by atoms with Gasteiger partial charge in [-0.15, -0.1) is 11.3 Å². The molecule has 4 heteroatoms. The fourth-order valence-electron chi connectivity index (χ4n) is 4.04. The Labute approximate surface area is 184 Å². The monoisotopic (exact) mass is 429 g/mol. The van der Waals surface area contributed by atoms with Crippen LogP contribution in [0.3, 0.4) is 0 Å². The molecule has 0 saturated carbocycles. The van der Waals surface area contributed by atoms with Gasteiger partial charge in [0.25, 0.3) is 0 Å². The van der Waals surface area contributed by atoms with Gasteiger partial charge in [0.05, 0.1) is 12.0 Å². The third kappa shape index (κ3) is 3.06. The fraction of sp³-hybridized carbons (Fsp3) is 0.192. The minimum absolute atomic E-state index is 0.0338. The molecule has 0 bridgehead atoms. The lowest BCUT2D eigenvalue weighted by molar-refractivity contribution is 0.578. The van der Waals surface area contributed by atoms with E-state index in [-0.39, 0.29) is 5.41 Å². The van der Waals surface area contributed by atoms with Crippen molar-refractivity contribution < 1.29 is 4.42 Å². The summed E-state index contributed by atoms with van der Waals surface area (Å²) in [7, 11) is 0. The maximum absolute atomic E-state index is 5.74. The summed E-state index contributed by atoms with van der Waals surface area (Å²) < 4.78 is 8.22. The molecule has 0 aliphatic carbocycles. The summed E-state index contributed by atoms with van der Waals surface area (Å²) in [5.74, 6) is 0.